The fourth-order valence-electron chi connectivity index (χ4n) is 1.33. The van der Waals surface area contributed by atoms with Crippen LogP contribution in [0.2, 0.25) is 0 Å². The lowest BCUT2D eigenvalue weighted by atomic mass is 10.2. The summed E-state index contributed by atoms with van der Waals surface area (Å²) in [7, 11) is 4.65. The van der Waals surface area contributed by atoms with Crippen LogP contribution in [0.1, 0.15) is 0 Å². The summed E-state index contributed by atoms with van der Waals surface area (Å²) >= 11 is 0. The van der Waals surface area contributed by atoms with Gasteiger partial charge in [-0.25, -0.2) is 0 Å². The summed E-state index contributed by atoms with van der Waals surface area (Å²) in [5.41, 5.74) is 11.4. The van der Waals surface area contributed by atoms with Crippen molar-refractivity contribution in [1.82, 2.24) is 0 Å². The minimum absolute atomic E-state index is 0.179. The molecule has 6 heteroatoms. The molecule has 1 rings (SSSR count). The van der Waals surface area contributed by atoms with Crippen LogP contribution in [0.5, 0.6) is 17.2 Å². The quantitative estimate of drug-likeness (QED) is 0.705. The molecule has 0 unspecified atom stereocenters. The molecule has 0 fully saturated rings. The Morgan fingerprint density at radius 2 is 1.59 bits per heavy atom. The zero-order valence-corrected chi connectivity index (χ0v) is 10.1. The van der Waals surface area contributed by atoms with Gasteiger partial charge in [-0.1, -0.05) is 0 Å². The van der Waals surface area contributed by atoms with Gasteiger partial charge in [-0.05, 0) is 0 Å². The molecule has 0 bridgehead atoms. The molecule has 17 heavy (non-hydrogen) atoms. The molecule has 0 amide bonds. The highest BCUT2D eigenvalue weighted by atomic mass is 16.5. The van der Waals surface area contributed by atoms with Gasteiger partial charge in [0.2, 0.25) is 5.75 Å². The van der Waals surface area contributed by atoms with Crippen molar-refractivity contribution in [1.29, 1.82) is 0 Å². The fourth-order valence-corrected chi connectivity index (χ4v) is 1.33. The number of hydrogen-bond donors (Lipinski definition) is 3. The molecule has 0 aromatic heterocycles. The van der Waals surface area contributed by atoms with Crippen LogP contribution in [0.4, 0.5) is 5.69 Å². The van der Waals surface area contributed by atoms with E-state index in [1.165, 1.54) is 6.20 Å². The molecular weight excluding hydrogens is 222 g/mol. The Morgan fingerprint density at radius 1 is 1.06 bits per heavy atom. The van der Waals surface area contributed by atoms with Gasteiger partial charge in [0.05, 0.1) is 21.3 Å². The lowest BCUT2D eigenvalue weighted by Gasteiger charge is -2.14. The van der Waals surface area contributed by atoms with E-state index in [4.69, 9.17) is 25.7 Å². The first-order chi connectivity index (χ1) is 8.12. The number of methoxy groups -OCH3 is 3. The molecule has 0 radical (unpaired) electrons. The molecule has 1 aromatic carbocycles. The maximum Gasteiger partial charge on any atom is 0.203 e. The number of benzene rings is 1. The Hall–Kier alpha value is -2.24. The Morgan fingerprint density at radius 3 is 1.94 bits per heavy atom. The second-order valence-corrected chi connectivity index (χ2v) is 3.20. The topological polar surface area (TPSA) is 91.8 Å². The standard InChI is InChI=1S/C11H17N3O3/c1-15-8-4-7(14-6-10(12)13)5-9(16-2)11(8)17-3/h4-6,14H,12-13H2,1-3H3. The summed E-state index contributed by atoms with van der Waals surface area (Å²) in [6, 6.07) is 3.50. The Labute approximate surface area is 100 Å². The van der Waals surface area contributed by atoms with Crippen molar-refractivity contribution in [2.75, 3.05) is 26.6 Å². The molecule has 0 aliphatic heterocycles. The summed E-state index contributed by atoms with van der Waals surface area (Å²) in [5.74, 6) is 1.82. The summed E-state index contributed by atoms with van der Waals surface area (Å²) in [5, 5.41) is 2.92. The van der Waals surface area contributed by atoms with Gasteiger partial charge in [0.1, 0.15) is 5.82 Å². The average molecular weight is 239 g/mol. The minimum atomic E-state index is 0.179. The SMILES string of the molecule is COc1cc(NC=C(N)N)cc(OC)c1OC. The van der Waals surface area contributed by atoms with Crippen LogP contribution in [0.25, 0.3) is 0 Å². The number of rotatable bonds is 5. The van der Waals surface area contributed by atoms with Gasteiger partial charge in [-0.3, -0.25) is 0 Å². The second kappa shape index (κ2) is 5.74. The van der Waals surface area contributed by atoms with E-state index in [1.54, 1.807) is 33.5 Å². The van der Waals surface area contributed by atoms with E-state index in [1.807, 2.05) is 0 Å². The summed E-state index contributed by atoms with van der Waals surface area (Å²) in [4.78, 5) is 0. The summed E-state index contributed by atoms with van der Waals surface area (Å²) in [6.45, 7) is 0. The summed E-state index contributed by atoms with van der Waals surface area (Å²) in [6.07, 6.45) is 1.47. The normalized spacial score (nSPS) is 9.35. The third-order valence-electron chi connectivity index (χ3n) is 2.07. The molecule has 0 atom stereocenters. The monoisotopic (exact) mass is 239 g/mol. The van der Waals surface area contributed by atoms with E-state index in [9.17, 15) is 0 Å². The number of nitrogens with one attached hydrogen (secondary N) is 1. The van der Waals surface area contributed by atoms with Gasteiger partial charge in [0.25, 0.3) is 0 Å². The zero-order chi connectivity index (χ0) is 12.8. The van der Waals surface area contributed by atoms with Crippen LogP contribution in [0.15, 0.2) is 24.2 Å². The molecule has 0 aliphatic carbocycles. The van der Waals surface area contributed by atoms with Crippen molar-refractivity contribution in [2.24, 2.45) is 11.5 Å². The Balaban J connectivity index is 3.13. The molecule has 0 saturated heterocycles. The first-order valence-corrected chi connectivity index (χ1v) is 4.90. The molecular formula is C11H17N3O3. The van der Waals surface area contributed by atoms with Gasteiger partial charge in [-0.15, -0.1) is 0 Å². The maximum absolute atomic E-state index is 5.33. The van der Waals surface area contributed by atoms with Crippen molar-refractivity contribution in [3.8, 4) is 17.2 Å². The highest BCUT2D eigenvalue weighted by Gasteiger charge is 2.12. The Bertz CT molecular complexity index is 389. The fraction of sp³-hybridized carbons (Fsp3) is 0.273. The first kappa shape index (κ1) is 12.8. The van der Waals surface area contributed by atoms with Crippen molar-refractivity contribution in [3.05, 3.63) is 24.2 Å². The van der Waals surface area contributed by atoms with E-state index in [2.05, 4.69) is 5.32 Å². The zero-order valence-electron chi connectivity index (χ0n) is 10.1. The van der Waals surface area contributed by atoms with Crippen LogP contribution in [0.3, 0.4) is 0 Å². The molecule has 5 N–H and O–H groups in total. The number of nitrogens with two attached hydrogens (primary N) is 2. The van der Waals surface area contributed by atoms with Gasteiger partial charge in [0.15, 0.2) is 11.5 Å². The van der Waals surface area contributed by atoms with Crippen molar-refractivity contribution in [3.63, 3.8) is 0 Å². The molecule has 94 valence electrons. The predicted octanol–water partition coefficient (Wildman–Crippen LogP) is 0.841. The van der Waals surface area contributed by atoms with Crippen LogP contribution in [-0.4, -0.2) is 21.3 Å². The van der Waals surface area contributed by atoms with E-state index < -0.39 is 0 Å². The Kier molecular flexibility index (Phi) is 4.33. The molecule has 6 nitrogen and oxygen atoms in total. The molecule has 1 aromatic rings. The van der Waals surface area contributed by atoms with Crippen molar-refractivity contribution < 1.29 is 14.2 Å². The number of ether oxygens (including phenoxy) is 3. The number of anilines is 1. The van der Waals surface area contributed by atoms with Crippen LogP contribution in [-0.2, 0) is 0 Å². The van der Waals surface area contributed by atoms with Crippen molar-refractivity contribution in [2.45, 2.75) is 0 Å². The van der Waals surface area contributed by atoms with E-state index in [-0.39, 0.29) is 5.82 Å². The average Bonchev–Trinajstić information content (AvgIpc) is 2.34. The largest absolute Gasteiger partial charge is 0.493 e. The lowest BCUT2D eigenvalue weighted by molar-refractivity contribution is 0.324. The van der Waals surface area contributed by atoms with Crippen LogP contribution in [0, 0.1) is 0 Å². The van der Waals surface area contributed by atoms with E-state index in [0.717, 1.165) is 5.69 Å². The molecule has 0 heterocycles. The predicted molar refractivity (Wildman–Crippen MR) is 66.2 cm³/mol. The minimum Gasteiger partial charge on any atom is -0.493 e. The summed E-state index contributed by atoms with van der Waals surface area (Å²) < 4.78 is 15.6. The first-order valence-electron chi connectivity index (χ1n) is 4.90. The maximum atomic E-state index is 5.33. The van der Waals surface area contributed by atoms with Gasteiger partial charge >= 0.3 is 0 Å². The van der Waals surface area contributed by atoms with E-state index >= 15 is 0 Å². The van der Waals surface area contributed by atoms with Crippen LogP contribution < -0.4 is 31.0 Å². The number of hydrogen-bond acceptors (Lipinski definition) is 6. The third-order valence-corrected chi connectivity index (χ3v) is 2.07. The highest BCUT2D eigenvalue weighted by Crippen LogP contribution is 2.39. The van der Waals surface area contributed by atoms with E-state index in [0.29, 0.717) is 17.2 Å². The molecule has 0 spiro atoms. The smallest absolute Gasteiger partial charge is 0.203 e. The second-order valence-electron chi connectivity index (χ2n) is 3.20. The lowest BCUT2D eigenvalue weighted by Crippen LogP contribution is -2.10. The van der Waals surface area contributed by atoms with Gasteiger partial charge in [-0.2, -0.15) is 0 Å². The van der Waals surface area contributed by atoms with Crippen LogP contribution >= 0.6 is 0 Å². The highest BCUT2D eigenvalue weighted by molar-refractivity contribution is 5.63. The van der Waals surface area contributed by atoms with Gasteiger partial charge in [0, 0.05) is 24.0 Å². The van der Waals surface area contributed by atoms with Crippen molar-refractivity contribution >= 4 is 5.69 Å². The third kappa shape index (κ3) is 3.10. The molecule has 0 aliphatic rings. The molecule has 0 saturated carbocycles. The van der Waals surface area contributed by atoms with Gasteiger partial charge < -0.3 is 31.0 Å².